The Bertz CT molecular complexity index is 2720. The van der Waals surface area contributed by atoms with Crippen molar-refractivity contribution in [2.75, 3.05) is 0 Å². The number of aromatic nitrogens is 1. The summed E-state index contributed by atoms with van der Waals surface area (Å²) in [7, 11) is 0. The van der Waals surface area contributed by atoms with Crippen LogP contribution in [-0.4, -0.2) is 16.2 Å². The predicted molar refractivity (Wildman–Crippen MR) is 211 cm³/mol. The molecule has 0 spiro atoms. The van der Waals surface area contributed by atoms with Crippen molar-refractivity contribution in [2.45, 2.75) is 6.17 Å². The van der Waals surface area contributed by atoms with Crippen LogP contribution in [0.15, 0.2) is 180 Å². The molecule has 4 nitrogen and oxygen atoms in total. The third kappa shape index (κ3) is 4.74. The van der Waals surface area contributed by atoms with Crippen LogP contribution < -0.4 is 5.32 Å². The average molecular weight is 659 g/mol. The highest BCUT2D eigenvalue weighted by Gasteiger charge is 2.21. The summed E-state index contributed by atoms with van der Waals surface area (Å²) in [4.78, 5) is 10.2. The molecule has 0 aliphatic carbocycles. The van der Waals surface area contributed by atoms with E-state index in [-0.39, 0.29) is 6.17 Å². The van der Waals surface area contributed by atoms with Crippen molar-refractivity contribution in [1.29, 1.82) is 0 Å². The summed E-state index contributed by atoms with van der Waals surface area (Å²) in [5, 5.41) is 8.61. The van der Waals surface area contributed by atoms with Crippen molar-refractivity contribution < 1.29 is 0 Å². The summed E-state index contributed by atoms with van der Waals surface area (Å²) in [5.74, 6) is 1.63. The molecule has 0 saturated heterocycles. The van der Waals surface area contributed by atoms with E-state index in [4.69, 9.17) is 9.98 Å². The summed E-state index contributed by atoms with van der Waals surface area (Å²) in [6, 6.07) is 60.3. The van der Waals surface area contributed by atoms with Crippen LogP contribution in [0.5, 0.6) is 0 Å². The molecular formula is C45H30N4S. The molecule has 1 aliphatic heterocycles. The lowest BCUT2D eigenvalue weighted by molar-refractivity contribution is 0.755. The molecule has 0 amide bonds. The number of rotatable bonds is 5. The normalized spacial score (nSPS) is 13.5. The number of para-hydroxylation sites is 1. The lowest BCUT2D eigenvalue weighted by Gasteiger charge is -2.22. The van der Waals surface area contributed by atoms with Crippen molar-refractivity contribution in [3.05, 3.63) is 187 Å². The highest BCUT2D eigenvalue weighted by molar-refractivity contribution is 7.26. The van der Waals surface area contributed by atoms with Crippen molar-refractivity contribution >= 4 is 65.0 Å². The molecule has 9 aromatic rings. The van der Waals surface area contributed by atoms with E-state index >= 15 is 0 Å². The maximum atomic E-state index is 5.09. The first kappa shape index (κ1) is 28.7. The number of hydrogen-bond acceptors (Lipinski definition) is 4. The van der Waals surface area contributed by atoms with E-state index in [9.17, 15) is 0 Å². The number of hydrogen-bond donors (Lipinski definition) is 1. The maximum Gasteiger partial charge on any atom is 0.169 e. The number of benzene rings is 7. The first-order valence-electron chi connectivity index (χ1n) is 16.9. The molecular weight excluding hydrogens is 629 g/mol. The Kier molecular flexibility index (Phi) is 6.71. The standard InChI is InChI=1S/C45H30N4S/c1-3-12-29(13-4-1)43-46-44(30-14-5-2-6-15-30)48-45(47-43)31-22-25-33(26-23-31)49-39-20-9-7-16-35(39)36-27-24-32(28-40(36)49)34-18-11-19-38-37-17-8-10-21-41(37)50-42(34)38/h1-28,45H,(H,46,47,48). The van der Waals surface area contributed by atoms with Crippen LogP contribution in [0, 0.1) is 0 Å². The molecule has 10 rings (SSSR count). The van der Waals surface area contributed by atoms with Gasteiger partial charge in [-0.2, -0.15) is 0 Å². The summed E-state index contributed by atoms with van der Waals surface area (Å²) >= 11 is 1.87. The summed E-state index contributed by atoms with van der Waals surface area (Å²) in [6.45, 7) is 0. The molecule has 0 bridgehead atoms. The molecule has 2 aromatic heterocycles. The zero-order chi connectivity index (χ0) is 33.0. The molecule has 236 valence electrons. The topological polar surface area (TPSA) is 41.7 Å². The molecule has 0 saturated carbocycles. The molecule has 0 unspecified atom stereocenters. The second-order valence-corrected chi connectivity index (χ2v) is 13.7. The molecule has 3 heterocycles. The van der Waals surface area contributed by atoms with Crippen molar-refractivity contribution in [3.63, 3.8) is 0 Å². The smallest absolute Gasteiger partial charge is 0.169 e. The highest BCUT2D eigenvalue weighted by Crippen LogP contribution is 2.42. The zero-order valence-corrected chi connectivity index (χ0v) is 27.8. The van der Waals surface area contributed by atoms with Crippen molar-refractivity contribution in [1.82, 2.24) is 9.88 Å². The number of nitrogens with one attached hydrogen (secondary N) is 1. The van der Waals surface area contributed by atoms with E-state index < -0.39 is 0 Å². The molecule has 0 atom stereocenters. The van der Waals surface area contributed by atoms with E-state index in [0.29, 0.717) is 0 Å². The Morgan fingerprint density at radius 2 is 1.10 bits per heavy atom. The third-order valence-corrected chi connectivity index (χ3v) is 10.9. The van der Waals surface area contributed by atoms with Crippen LogP contribution in [-0.2, 0) is 0 Å². The molecule has 0 radical (unpaired) electrons. The fourth-order valence-corrected chi connectivity index (χ4v) is 8.51. The molecule has 0 fully saturated rings. The Hall–Kier alpha value is -6.30. The quantitative estimate of drug-likeness (QED) is 0.196. The lowest BCUT2D eigenvalue weighted by atomic mass is 10.0. The van der Waals surface area contributed by atoms with Gasteiger partial charge in [0.1, 0.15) is 11.7 Å². The van der Waals surface area contributed by atoms with Crippen LogP contribution in [0.2, 0.25) is 0 Å². The minimum absolute atomic E-state index is 0.373. The zero-order valence-electron chi connectivity index (χ0n) is 27.0. The van der Waals surface area contributed by atoms with Crippen LogP contribution in [0.3, 0.4) is 0 Å². The van der Waals surface area contributed by atoms with Crippen molar-refractivity contribution in [2.24, 2.45) is 9.98 Å². The van der Waals surface area contributed by atoms with Crippen molar-refractivity contribution in [3.8, 4) is 16.8 Å². The second kappa shape index (κ2) is 11.7. The third-order valence-electron chi connectivity index (χ3n) is 9.67. The Morgan fingerprint density at radius 3 is 1.84 bits per heavy atom. The highest BCUT2D eigenvalue weighted by atomic mass is 32.1. The lowest BCUT2D eigenvalue weighted by Crippen LogP contribution is -2.35. The molecule has 50 heavy (non-hydrogen) atoms. The predicted octanol–water partition coefficient (Wildman–Crippen LogP) is 11.3. The largest absolute Gasteiger partial charge is 0.324 e. The van der Waals surface area contributed by atoms with Gasteiger partial charge in [0.05, 0.1) is 11.0 Å². The van der Waals surface area contributed by atoms with E-state index in [1.54, 1.807) is 0 Å². The first-order valence-corrected chi connectivity index (χ1v) is 17.7. The van der Waals surface area contributed by atoms with Gasteiger partial charge in [-0.15, -0.1) is 11.3 Å². The van der Waals surface area contributed by atoms with Gasteiger partial charge in [-0.25, -0.2) is 9.98 Å². The number of aliphatic imine (C=N–C) groups is 2. The maximum absolute atomic E-state index is 5.09. The van der Waals surface area contributed by atoms with Gasteiger partial charge >= 0.3 is 0 Å². The Morgan fingerprint density at radius 1 is 0.480 bits per heavy atom. The van der Waals surface area contributed by atoms with Gasteiger partial charge in [-0.3, -0.25) is 0 Å². The van der Waals surface area contributed by atoms with E-state index in [0.717, 1.165) is 34.0 Å². The number of fused-ring (bicyclic) bond motifs is 6. The number of amidine groups is 2. The van der Waals surface area contributed by atoms with Crippen LogP contribution in [0.1, 0.15) is 22.9 Å². The monoisotopic (exact) mass is 658 g/mol. The van der Waals surface area contributed by atoms with Gasteiger partial charge < -0.3 is 9.88 Å². The minimum atomic E-state index is -0.373. The van der Waals surface area contributed by atoms with Gasteiger partial charge in [0.2, 0.25) is 0 Å². The van der Waals surface area contributed by atoms with E-state index in [1.807, 2.05) is 47.7 Å². The van der Waals surface area contributed by atoms with Crippen LogP contribution in [0.25, 0.3) is 58.8 Å². The van der Waals surface area contributed by atoms with Gasteiger partial charge in [0.25, 0.3) is 0 Å². The van der Waals surface area contributed by atoms with Gasteiger partial charge in [-0.1, -0.05) is 140 Å². The molecule has 1 N–H and O–H groups in total. The second-order valence-electron chi connectivity index (χ2n) is 12.6. The first-order chi connectivity index (χ1) is 24.8. The Balaban J connectivity index is 1.10. The summed E-state index contributed by atoms with van der Waals surface area (Å²) in [5.41, 5.74) is 9.06. The molecule has 7 aromatic carbocycles. The summed E-state index contributed by atoms with van der Waals surface area (Å²) in [6.07, 6.45) is -0.373. The molecule has 1 aliphatic rings. The minimum Gasteiger partial charge on any atom is -0.324 e. The molecule has 5 heteroatoms. The fourth-order valence-electron chi connectivity index (χ4n) is 7.27. The van der Waals surface area contributed by atoms with Gasteiger partial charge in [0, 0.05) is 47.8 Å². The number of nitrogens with zero attached hydrogens (tertiary/aromatic N) is 3. The van der Waals surface area contributed by atoms with Gasteiger partial charge in [-0.05, 0) is 47.0 Å². The van der Waals surface area contributed by atoms with E-state index in [1.165, 1.54) is 53.1 Å². The fraction of sp³-hybridized carbons (Fsp3) is 0.0222. The number of thiophene rings is 1. The SMILES string of the molecule is c1ccc(C2=NC(c3ccc(-n4c5ccccc5c5ccc(-c6cccc7c6sc6ccccc67)cc54)cc3)N=C(c3ccccc3)N2)cc1. The van der Waals surface area contributed by atoms with Crippen LogP contribution >= 0.6 is 11.3 Å². The average Bonchev–Trinajstić information content (AvgIpc) is 3.74. The van der Waals surface area contributed by atoms with Crippen LogP contribution in [0.4, 0.5) is 0 Å². The Labute approximate surface area is 293 Å². The van der Waals surface area contributed by atoms with E-state index in [2.05, 4.69) is 143 Å². The van der Waals surface area contributed by atoms with Gasteiger partial charge in [0.15, 0.2) is 6.17 Å². The summed E-state index contributed by atoms with van der Waals surface area (Å²) < 4.78 is 5.04.